The molecule has 8 nitrogen and oxygen atoms in total. The number of aryl methyl sites for hydroxylation is 1. The molecule has 2 amide bonds. The van der Waals surface area contributed by atoms with E-state index in [1.54, 1.807) is 24.3 Å². The van der Waals surface area contributed by atoms with Gasteiger partial charge >= 0.3 is 5.69 Å². The molecule has 3 aromatic rings. The zero-order chi connectivity index (χ0) is 21.0. The van der Waals surface area contributed by atoms with Crippen molar-refractivity contribution in [1.82, 2.24) is 5.32 Å². The van der Waals surface area contributed by atoms with E-state index in [1.165, 1.54) is 30.5 Å². The average Bonchev–Trinajstić information content (AvgIpc) is 3.15. The van der Waals surface area contributed by atoms with Gasteiger partial charge in [0.05, 0.1) is 9.80 Å². The first-order valence-electron chi connectivity index (χ1n) is 8.53. The van der Waals surface area contributed by atoms with Crippen molar-refractivity contribution in [2.75, 3.05) is 12.4 Å². The van der Waals surface area contributed by atoms with Gasteiger partial charge < -0.3 is 15.4 Å². The number of thiophene rings is 1. The van der Waals surface area contributed by atoms with Gasteiger partial charge in [-0.2, -0.15) is 0 Å². The third kappa shape index (κ3) is 4.58. The second kappa shape index (κ2) is 8.53. The Balaban J connectivity index is 1.76. The van der Waals surface area contributed by atoms with Crippen LogP contribution in [0.25, 0.3) is 0 Å². The van der Waals surface area contributed by atoms with Gasteiger partial charge in [0, 0.05) is 24.4 Å². The first-order chi connectivity index (χ1) is 13.9. The largest absolute Gasteiger partial charge is 0.450 e. The van der Waals surface area contributed by atoms with Crippen molar-refractivity contribution in [3.63, 3.8) is 0 Å². The minimum Gasteiger partial charge on any atom is -0.450 e. The molecule has 0 radical (unpaired) electrons. The Hall–Kier alpha value is -3.72. The lowest BCUT2D eigenvalue weighted by molar-refractivity contribution is -0.385. The van der Waals surface area contributed by atoms with E-state index < -0.39 is 10.8 Å². The molecule has 0 bridgehead atoms. The van der Waals surface area contributed by atoms with Crippen molar-refractivity contribution in [2.45, 2.75) is 6.92 Å². The number of carbonyl (C=O) groups is 2. The lowest BCUT2D eigenvalue weighted by atomic mass is 10.1. The van der Waals surface area contributed by atoms with Gasteiger partial charge in [-0.25, -0.2) is 0 Å². The van der Waals surface area contributed by atoms with Gasteiger partial charge in [0.1, 0.15) is 5.75 Å². The van der Waals surface area contributed by atoms with Crippen molar-refractivity contribution in [3.05, 3.63) is 80.0 Å². The maximum atomic E-state index is 12.3. The summed E-state index contributed by atoms with van der Waals surface area (Å²) in [5.41, 5.74) is 1.31. The highest BCUT2D eigenvalue weighted by molar-refractivity contribution is 7.12. The number of nitrogens with one attached hydrogen (secondary N) is 2. The van der Waals surface area contributed by atoms with E-state index in [9.17, 15) is 19.7 Å². The first-order valence-corrected chi connectivity index (χ1v) is 9.41. The molecule has 0 aliphatic carbocycles. The Kier molecular flexibility index (Phi) is 5.89. The Morgan fingerprint density at radius 2 is 1.79 bits per heavy atom. The van der Waals surface area contributed by atoms with E-state index in [2.05, 4.69) is 10.6 Å². The fourth-order valence-corrected chi connectivity index (χ4v) is 3.38. The van der Waals surface area contributed by atoms with E-state index in [0.29, 0.717) is 16.3 Å². The van der Waals surface area contributed by atoms with E-state index in [4.69, 9.17) is 4.74 Å². The summed E-state index contributed by atoms with van der Waals surface area (Å²) in [6.45, 7) is 1.87. The highest BCUT2D eigenvalue weighted by Crippen LogP contribution is 2.32. The standard InChI is InChI=1S/C20H17N3O5S/c1-12-9-10-29-18(12)20(25)22-14-4-6-15(7-5-14)28-17-8-3-13(19(24)21-2)11-16(17)23(26)27/h3-11H,1-2H3,(H,21,24)(H,22,25). The van der Waals surface area contributed by atoms with Gasteiger partial charge in [0.2, 0.25) is 5.75 Å². The minimum atomic E-state index is -0.611. The highest BCUT2D eigenvalue weighted by atomic mass is 32.1. The molecular formula is C20H17N3O5S. The van der Waals surface area contributed by atoms with Gasteiger partial charge in [-0.15, -0.1) is 11.3 Å². The molecule has 0 spiro atoms. The molecular weight excluding hydrogens is 394 g/mol. The summed E-state index contributed by atoms with van der Waals surface area (Å²) in [5.74, 6) is -0.271. The lowest BCUT2D eigenvalue weighted by Crippen LogP contribution is -2.17. The molecule has 0 saturated heterocycles. The van der Waals surface area contributed by atoms with Gasteiger partial charge in [0.25, 0.3) is 11.8 Å². The smallest absolute Gasteiger partial charge is 0.312 e. The van der Waals surface area contributed by atoms with Gasteiger partial charge in [0.15, 0.2) is 0 Å². The van der Waals surface area contributed by atoms with E-state index in [1.807, 2.05) is 18.4 Å². The number of carbonyl (C=O) groups excluding carboxylic acids is 2. The average molecular weight is 411 g/mol. The first kappa shape index (κ1) is 20.0. The molecule has 1 heterocycles. The van der Waals surface area contributed by atoms with Crippen LogP contribution in [0.2, 0.25) is 0 Å². The van der Waals surface area contributed by atoms with Crippen molar-refractivity contribution in [2.24, 2.45) is 0 Å². The summed E-state index contributed by atoms with van der Waals surface area (Å²) in [6.07, 6.45) is 0. The summed E-state index contributed by atoms with van der Waals surface area (Å²) in [5, 5.41) is 18.4. The molecule has 2 N–H and O–H groups in total. The van der Waals surface area contributed by atoms with Crippen molar-refractivity contribution < 1.29 is 19.2 Å². The highest BCUT2D eigenvalue weighted by Gasteiger charge is 2.19. The van der Waals surface area contributed by atoms with E-state index in [0.717, 1.165) is 11.6 Å². The number of nitrogens with zero attached hydrogens (tertiary/aromatic N) is 1. The number of ether oxygens (including phenoxy) is 1. The summed E-state index contributed by atoms with van der Waals surface area (Å²) in [4.78, 5) is 35.3. The summed E-state index contributed by atoms with van der Waals surface area (Å²) >= 11 is 1.36. The van der Waals surface area contributed by atoms with Gasteiger partial charge in [-0.3, -0.25) is 19.7 Å². The van der Waals surface area contributed by atoms with Crippen LogP contribution >= 0.6 is 11.3 Å². The molecule has 0 fully saturated rings. The Morgan fingerprint density at radius 3 is 2.38 bits per heavy atom. The fraction of sp³-hybridized carbons (Fsp3) is 0.100. The third-order valence-electron chi connectivity index (χ3n) is 4.05. The number of hydrogen-bond acceptors (Lipinski definition) is 6. The quantitative estimate of drug-likeness (QED) is 0.462. The summed E-state index contributed by atoms with van der Waals surface area (Å²) < 4.78 is 5.61. The van der Waals surface area contributed by atoms with Crippen LogP contribution in [0.3, 0.4) is 0 Å². The number of hydrogen-bond donors (Lipinski definition) is 2. The molecule has 3 rings (SSSR count). The predicted octanol–water partition coefficient (Wildman–Crippen LogP) is 4.37. The van der Waals surface area contributed by atoms with Crippen LogP contribution in [0.4, 0.5) is 11.4 Å². The van der Waals surface area contributed by atoms with Crippen LogP contribution < -0.4 is 15.4 Å². The SMILES string of the molecule is CNC(=O)c1ccc(Oc2ccc(NC(=O)c3sccc3C)cc2)c([N+](=O)[O-])c1. The molecule has 148 valence electrons. The molecule has 1 aromatic heterocycles. The van der Waals surface area contributed by atoms with Crippen LogP contribution in [0.15, 0.2) is 53.9 Å². The molecule has 0 unspecified atom stereocenters. The van der Waals surface area contributed by atoms with Crippen molar-refractivity contribution in [3.8, 4) is 11.5 Å². The van der Waals surface area contributed by atoms with Crippen LogP contribution in [-0.4, -0.2) is 23.8 Å². The normalized spacial score (nSPS) is 10.3. The lowest BCUT2D eigenvalue weighted by Gasteiger charge is -2.09. The van der Waals surface area contributed by atoms with Crippen LogP contribution in [0, 0.1) is 17.0 Å². The second-order valence-electron chi connectivity index (χ2n) is 6.03. The molecule has 0 atom stereocenters. The van der Waals surface area contributed by atoms with Crippen LogP contribution in [-0.2, 0) is 0 Å². The molecule has 9 heteroatoms. The van der Waals surface area contributed by atoms with Gasteiger partial charge in [-0.05, 0) is 60.3 Å². The Labute approximate surface area is 170 Å². The maximum Gasteiger partial charge on any atom is 0.312 e. The predicted molar refractivity (Wildman–Crippen MR) is 110 cm³/mol. The molecule has 2 aromatic carbocycles. The third-order valence-corrected chi connectivity index (χ3v) is 5.07. The van der Waals surface area contributed by atoms with E-state index in [-0.39, 0.29) is 22.9 Å². The second-order valence-corrected chi connectivity index (χ2v) is 6.95. The number of benzene rings is 2. The van der Waals surface area contributed by atoms with Crippen molar-refractivity contribution in [1.29, 1.82) is 0 Å². The van der Waals surface area contributed by atoms with Crippen molar-refractivity contribution >= 4 is 34.5 Å². The minimum absolute atomic E-state index is 0.00801. The number of nitro benzene ring substituents is 1. The maximum absolute atomic E-state index is 12.3. The van der Waals surface area contributed by atoms with Gasteiger partial charge in [-0.1, -0.05) is 0 Å². The Morgan fingerprint density at radius 1 is 1.07 bits per heavy atom. The molecule has 0 saturated carbocycles. The van der Waals surface area contributed by atoms with Crippen LogP contribution in [0.1, 0.15) is 25.6 Å². The summed E-state index contributed by atoms with van der Waals surface area (Å²) in [6, 6.07) is 12.3. The monoisotopic (exact) mass is 411 g/mol. The number of anilines is 1. The molecule has 0 aliphatic heterocycles. The number of amides is 2. The molecule has 0 aliphatic rings. The van der Waals surface area contributed by atoms with Crippen LogP contribution in [0.5, 0.6) is 11.5 Å². The fourth-order valence-electron chi connectivity index (χ4n) is 2.56. The molecule has 29 heavy (non-hydrogen) atoms. The Bertz CT molecular complexity index is 1080. The topological polar surface area (TPSA) is 111 Å². The number of rotatable bonds is 6. The zero-order valence-corrected chi connectivity index (χ0v) is 16.4. The zero-order valence-electron chi connectivity index (χ0n) is 15.6. The van der Waals surface area contributed by atoms with E-state index >= 15 is 0 Å². The summed E-state index contributed by atoms with van der Waals surface area (Å²) in [7, 11) is 1.44. The number of nitro groups is 1.